The lowest BCUT2D eigenvalue weighted by Gasteiger charge is -2.15. The number of thioether (sulfide) groups is 1. The van der Waals surface area contributed by atoms with E-state index in [9.17, 15) is 0 Å². The van der Waals surface area contributed by atoms with Gasteiger partial charge in [-0.1, -0.05) is 13.8 Å². The lowest BCUT2D eigenvalue weighted by atomic mass is 10.0. The van der Waals surface area contributed by atoms with Crippen molar-refractivity contribution in [2.45, 2.75) is 32.9 Å². The summed E-state index contributed by atoms with van der Waals surface area (Å²) in [7, 11) is 0. The van der Waals surface area contributed by atoms with Crippen LogP contribution in [0.5, 0.6) is 0 Å². The zero-order chi connectivity index (χ0) is 11.5. The Morgan fingerprint density at radius 2 is 2.38 bits per heavy atom. The monoisotopic (exact) mass is 240 g/mol. The fourth-order valence-corrected chi connectivity index (χ4v) is 3.35. The highest BCUT2D eigenvalue weighted by Gasteiger charge is 2.26. The van der Waals surface area contributed by atoms with Gasteiger partial charge in [0, 0.05) is 24.8 Å². The van der Waals surface area contributed by atoms with Gasteiger partial charge in [-0.15, -0.1) is 0 Å². The van der Waals surface area contributed by atoms with Crippen LogP contribution in [0.3, 0.4) is 0 Å². The van der Waals surface area contributed by atoms with Crippen molar-refractivity contribution in [2.24, 2.45) is 17.6 Å². The fourth-order valence-electron chi connectivity index (χ4n) is 2.00. The van der Waals surface area contributed by atoms with E-state index in [1.807, 2.05) is 16.4 Å². The van der Waals surface area contributed by atoms with Crippen LogP contribution in [0.4, 0.5) is 0 Å². The van der Waals surface area contributed by atoms with Crippen LogP contribution in [-0.2, 0) is 13.0 Å². The fraction of sp³-hybridized carbons (Fsp3) is 0.818. The molecular formula is C11H20N4S. The van der Waals surface area contributed by atoms with Crippen LogP contribution in [0.25, 0.3) is 0 Å². The molecule has 0 spiro atoms. The van der Waals surface area contributed by atoms with E-state index in [1.165, 1.54) is 0 Å². The first kappa shape index (κ1) is 11.9. The Kier molecular flexibility index (Phi) is 3.86. The van der Waals surface area contributed by atoms with Crippen molar-refractivity contribution in [3.05, 3.63) is 12.2 Å². The second-order valence-corrected chi connectivity index (χ2v) is 5.99. The van der Waals surface area contributed by atoms with Gasteiger partial charge in [-0.3, -0.25) is 0 Å². The van der Waals surface area contributed by atoms with Crippen molar-refractivity contribution in [1.82, 2.24) is 14.8 Å². The lowest BCUT2D eigenvalue weighted by Crippen LogP contribution is -2.30. The molecule has 1 aromatic rings. The molecule has 90 valence electrons. The van der Waals surface area contributed by atoms with E-state index in [4.69, 9.17) is 5.73 Å². The number of nitrogens with two attached hydrogens (primary N) is 1. The topological polar surface area (TPSA) is 56.7 Å². The first-order chi connectivity index (χ1) is 7.66. The van der Waals surface area contributed by atoms with Gasteiger partial charge in [-0.2, -0.15) is 16.9 Å². The Hall–Kier alpha value is -0.550. The summed E-state index contributed by atoms with van der Waals surface area (Å²) in [6.07, 6.45) is 2.63. The highest BCUT2D eigenvalue weighted by atomic mass is 32.2. The first-order valence-electron chi connectivity index (χ1n) is 5.87. The van der Waals surface area contributed by atoms with Crippen LogP contribution in [-0.4, -0.2) is 32.3 Å². The standard InChI is InChI=1S/C11H20N4S/c1-8(2)4-15-11(13-7-14-15)3-9-5-16-6-10(9)12/h7-10H,3-6,12H2,1-2H3. The molecule has 0 radical (unpaired) electrons. The quantitative estimate of drug-likeness (QED) is 0.858. The summed E-state index contributed by atoms with van der Waals surface area (Å²) in [5, 5.41) is 4.28. The zero-order valence-corrected chi connectivity index (χ0v) is 10.8. The van der Waals surface area contributed by atoms with Crippen LogP contribution in [0.15, 0.2) is 6.33 Å². The van der Waals surface area contributed by atoms with Gasteiger partial charge in [0.1, 0.15) is 12.2 Å². The molecule has 4 nitrogen and oxygen atoms in total. The summed E-state index contributed by atoms with van der Waals surface area (Å²) >= 11 is 1.95. The van der Waals surface area contributed by atoms with Gasteiger partial charge in [0.2, 0.25) is 0 Å². The third-order valence-corrected chi connectivity index (χ3v) is 4.21. The van der Waals surface area contributed by atoms with Crippen molar-refractivity contribution >= 4 is 11.8 Å². The molecule has 1 fully saturated rings. The predicted molar refractivity (Wildman–Crippen MR) is 67.4 cm³/mol. The summed E-state index contributed by atoms with van der Waals surface area (Å²) in [6.45, 7) is 5.34. The summed E-state index contributed by atoms with van der Waals surface area (Å²) in [5.74, 6) is 4.52. The lowest BCUT2D eigenvalue weighted by molar-refractivity contribution is 0.436. The van der Waals surface area contributed by atoms with Crippen molar-refractivity contribution in [1.29, 1.82) is 0 Å². The van der Waals surface area contributed by atoms with Gasteiger partial charge in [0.05, 0.1) is 0 Å². The van der Waals surface area contributed by atoms with Gasteiger partial charge in [0.15, 0.2) is 0 Å². The summed E-state index contributed by atoms with van der Waals surface area (Å²) in [4.78, 5) is 4.35. The van der Waals surface area contributed by atoms with E-state index in [2.05, 4.69) is 23.9 Å². The predicted octanol–water partition coefficient (Wildman–Crippen LogP) is 1.17. The third kappa shape index (κ3) is 2.77. The maximum atomic E-state index is 6.07. The number of hydrogen-bond donors (Lipinski definition) is 1. The van der Waals surface area contributed by atoms with Crippen molar-refractivity contribution in [3.8, 4) is 0 Å². The van der Waals surface area contributed by atoms with E-state index in [0.717, 1.165) is 30.3 Å². The zero-order valence-electron chi connectivity index (χ0n) is 9.97. The Morgan fingerprint density at radius 3 is 3.00 bits per heavy atom. The molecule has 1 aliphatic rings. The van der Waals surface area contributed by atoms with E-state index < -0.39 is 0 Å². The molecule has 16 heavy (non-hydrogen) atoms. The van der Waals surface area contributed by atoms with Gasteiger partial charge in [-0.05, 0) is 17.6 Å². The van der Waals surface area contributed by atoms with Crippen LogP contribution < -0.4 is 5.73 Å². The second-order valence-electron chi connectivity index (χ2n) is 4.92. The number of nitrogens with zero attached hydrogens (tertiary/aromatic N) is 3. The maximum Gasteiger partial charge on any atom is 0.138 e. The molecule has 2 N–H and O–H groups in total. The van der Waals surface area contributed by atoms with E-state index >= 15 is 0 Å². The molecule has 1 aromatic heterocycles. The molecule has 2 unspecified atom stereocenters. The Bertz CT molecular complexity index is 336. The van der Waals surface area contributed by atoms with Crippen LogP contribution in [0.1, 0.15) is 19.7 Å². The van der Waals surface area contributed by atoms with Crippen LogP contribution in [0.2, 0.25) is 0 Å². The summed E-state index contributed by atoms with van der Waals surface area (Å²) in [5.41, 5.74) is 6.07. The summed E-state index contributed by atoms with van der Waals surface area (Å²) in [6, 6.07) is 0.328. The van der Waals surface area contributed by atoms with Crippen molar-refractivity contribution < 1.29 is 0 Å². The largest absolute Gasteiger partial charge is 0.327 e. The molecule has 5 heteroatoms. The van der Waals surface area contributed by atoms with E-state index in [0.29, 0.717) is 17.9 Å². The Balaban J connectivity index is 2.00. The van der Waals surface area contributed by atoms with Gasteiger partial charge in [0.25, 0.3) is 0 Å². The van der Waals surface area contributed by atoms with Crippen molar-refractivity contribution in [3.63, 3.8) is 0 Å². The van der Waals surface area contributed by atoms with Crippen LogP contribution in [0, 0.1) is 11.8 Å². The number of hydrogen-bond acceptors (Lipinski definition) is 4. The molecule has 0 saturated carbocycles. The molecule has 1 aliphatic heterocycles. The van der Waals surface area contributed by atoms with Crippen LogP contribution >= 0.6 is 11.8 Å². The first-order valence-corrected chi connectivity index (χ1v) is 7.02. The maximum absolute atomic E-state index is 6.07. The molecule has 2 heterocycles. The Labute approximate surface area is 101 Å². The minimum Gasteiger partial charge on any atom is -0.327 e. The highest BCUT2D eigenvalue weighted by molar-refractivity contribution is 7.99. The average Bonchev–Trinajstić information content (AvgIpc) is 2.78. The minimum absolute atomic E-state index is 0.328. The molecule has 2 atom stereocenters. The van der Waals surface area contributed by atoms with Gasteiger partial charge >= 0.3 is 0 Å². The average molecular weight is 240 g/mol. The van der Waals surface area contributed by atoms with Gasteiger partial charge in [-0.25, -0.2) is 9.67 Å². The number of rotatable bonds is 4. The Morgan fingerprint density at radius 1 is 1.56 bits per heavy atom. The second kappa shape index (κ2) is 5.19. The molecule has 0 amide bonds. The number of aromatic nitrogens is 3. The molecule has 1 saturated heterocycles. The molecule has 0 aromatic carbocycles. The smallest absolute Gasteiger partial charge is 0.138 e. The minimum atomic E-state index is 0.328. The summed E-state index contributed by atoms with van der Waals surface area (Å²) < 4.78 is 2.03. The molecular weight excluding hydrogens is 220 g/mol. The van der Waals surface area contributed by atoms with E-state index in [-0.39, 0.29) is 0 Å². The molecule has 0 bridgehead atoms. The molecule has 0 aliphatic carbocycles. The van der Waals surface area contributed by atoms with Crippen molar-refractivity contribution in [2.75, 3.05) is 11.5 Å². The normalized spacial score (nSPS) is 25.5. The SMILES string of the molecule is CC(C)Cn1ncnc1CC1CSCC1N. The highest BCUT2D eigenvalue weighted by Crippen LogP contribution is 2.25. The van der Waals surface area contributed by atoms with Gasteiger partial charge < -0.3 is 5.73 Å². The third-order valence-electron chi connectivity index (χ3n) is 2.93. The molecule has 2 rings (SSSR count). The van der Waals surface area contributed by atoms with E-state index in [1.54, 1.807) is 6.33 Å².